The molecule has 6 aromatic rings. The predicted octanol–water partition coefficient (Wildman–Crippen LogP) is 5.65. The number of aromatic nitrogens is 6. The molecule has 0 aliphatic rings. The van der Waals surface area contributed by atoms with Crippen LogP contribution in [0.15, 0.2) is 107 Å². The van der Waals surface area contributed by atoms with Crippen LogP contribution in [0.25, 0.3) is 33.1 Å². The molecule has 7 nitrogen and oxygen atoms in total. The van der Waals surface area contributed by atoms with Gasteiger partial charge >= 0.3 is 0 Å². The van der Waals surface area contributed by atoms with Gasteiger partial charge < -0.3 is 5.21 Å². The van der Waals surface area contributed by atoms with Crippen LogP contribution in [0.1, 0.15) is 0 Å². The molecule has 162 valence electrons. The lowest BCUT2D eigenvalue weighted by Crippen LogP contribution is -2.25. The van der Waals surface area contributed by atoms with Crippen molar-refractivity contribution in [1.82, 2.24) is 24.9 Å². The van der Waals surface area contributed by atoms with Crippen LogP contribution in [0.4, 0.5) is 0 Å². The van der Waals surface area contributed by atoms with Crippen molar-refractivity contribution in [3.63, 3.8) is 0 Å². The summed E-state index contributed by atoms with van der Waals surface area (Å²) in [4.78, 5) is 20.7. The van der Waals surface area contributed by atoms with Gasteiger partial charge in [0, 0.05) is 41.4 Å². The van der Waals surface area contributed by atoms with Gasteiger partial charge in [0.25, 0.3) is 0 Å². The van der Waals surface area contributed by atoms with Gasteiger partial charge in [-0.05, 0) is 86.5 Å². The normalized spacial score (nSPS) is 10.2. The smallest absolute Gasteiger partial charge is 0.242 e. The SMILES string of the molecule is Brc1ccc2ncccc2n1.Brc1cnc2cccnc2c1.[O-][n+]1cccc2ncccc21. The first-order valence-corrected chi connectivity index (χ1v) is 11.4. The molecule has 0 unspecified atom stereocenters. The zero-order valence-electron chi connectivity index (χ0n) is 17.1. The van der Waals surface area contributed by atoms with Crippen LogP contribution in [-0.2, 0) is 0 Å². The summed E-state index contributed by atoms with van der Waals surface area (Å²) in [5, 5.41) is 11.1. The van der Waals surface area contributed by atoms with Crippen LogP contribution < -0.4 is 4.73 Å². The van der Waals surface area contributed by atoms with E-state index in [9.17, 15) is 5.21 Å². The third-order valence-electron chi connectivity index (χ3n) is 4.37. The number of hydrogen-bond acceptors (Lipinski definition) is 6. The van der Waals surface area contributed by atoms with Crippen molar-refractivity contribution in [1.29, 1.82) is 0 Å². The topological polar surface area (TPSA) is 91.4 Å². The first-order valence-electron chi connectivity index (χ1n) is 9.76. The summed E-state index contributed by atoms with van der Waals surface area (Å²) in [6, 6.07) is 20.4. The highest BCUT2D eigenvalue weighted by Gasteiger charge is 1.99. The van der Waals surface area contributed by atoms with Gasteiger partial charge in [-0.1, -0.05) is 0 Å². The Bertz CT molecular complexity index is 1440. The highest BCUT2D eigenvalue weighted by Crippen LogP contribution is 2.14. The second kappa shape index (κ2) is 10.8. The fourth-order valence-corrected chi connectivity index (χ4v) is 3.52. The zero-order chi connectivity index (χ0) is 23.0. The number of hydrogen-bond donors (Lipinski definition) is 0. The Morgan fingerprint density at radius 3 is 2.06 bits per heavy atom. The molecule has 0 radical (unpaired) electrons. The fraction of sp³-hybridized carbons (Fsp3) is 0. The van der Waals surface area contributed by atoms with Gasteiger partial charge in [0.05, 0.1) is 22.1 Å². The van der Waals surface area contributed by atoms with Crippen molar-refractivity contribution >= 4 is 65.0 Å². The van der Waals surface area contributed by atoms with E-state index in [1.54, 1.807) is 43.0 Å². The summed E-state index contributed by atoms with van der Waals surface area (Å²) in [5.74, 6) is 0. The lowest BCUT2D eigenvalue weighted by Gasteiger charge is -1.97. The molecule has 0 amide bonds. The number of fused-ring (bicyclic) bond motifs is 3. The molecule has 6 rings (SSSR count). The van der Waals surface area contributed by atoms with Crippen LogP contribution in [0.3, 0.4) is 0 Å². The molecule has 0 atom stereocenters. The van der Waals surface area contributed by atoms with Gasteiger partial charge in [-0.15, -0.1) is 0 Å². The molecular formula is C24H16Br2N6O. The number of pyridine rings is 6. The minimum absolute atomic E-state index is 0.606. The number of rotatable bonds is 0. The Hall–Kier alpha value is -3.56. The molecule has 0 bridgehead atoms. The van der Waals surface area contributed by atoms with Crippen molar-refractivity contribution in [2.75, 3.05) is 0 Å². The average molecular weight is 564 g/mol. The van der Waals surface area contributed by atoms with E-state index in [0.29, 0.717) is 5.52 Å². The Morgan fingerprint density at radius 2 is 1.27 bits per heavy atom. The van der Waals surface area contributed by atoms with E-state index in [4.69, 9.17) is 0 Å². The second-order valence-corrected chi connectivity index (χ2v) is 8.34. The van der Waals surface area contributed by atoms with Crippen molar-refractivity contribution in [3.05, 3.63) is 112 Å². The van der Waals surface area contributed by atoms with Gasteiger partial charge in [0.1, 0.15) is 10.1 Å². The van der Waals surface area contributed by atoms with E-state index in [-0.39, 0.29) is 0 Å². The van der Waals surface area contributed by atoms with Crippen molar-refractivity contribution in [2.24, 2.45) is 0 Å². The molecule has 0 spiro atoms. The van der Waals surface area contributed by atoms with Gasteiger partial charge in [-0.25, -0.2) is 9.97 Å². The molecule has 0 aromatic carbocycles. The van der Waals surface area contributed by atoms with Gasteiger partial charge in [-0.2, -0.15) is 4.73 Å². The average Bonchev–Trinajstić information content (AvgIpc) is 2.85. The van der Waals surface area contributed by atoms with E-state index in [0.717, 1.165) is 41.4 Å². The van der Waals surface area contributed by atoms with E-state index in [1.807, 2.05) is 48.5 Å². The predicted molar refractivity (Wildman–Crippen MR) is 135 cm³/mol. The molecule has 0 saturated carbocycles. The van der Waals surface area contributed by atoms with Crippen molar-refractivity contribution < 1.29 is 4.73 Å². The van der Waals surface area contributed by atoms with Crippen LogP contribution >= 0.6 is 31.9 Å². The number of halogens is 2. The third kappa shape index (κ3) is 6.03. The molecule has 0 saturated heterocycles. The highest BCUT2D eigenvalue weighted by molar-refractivity contribution is 9.10. The third-order valence-corrected chi connectivity index (χ3v) is 5.24. The Balaban J connectivity index is 0.000000118. The Labute approximate surface area is 206 Å². The molecular weight excluding hydrogens is 548 g/mol. The molecule has 0 aliphatic heterocycles. The monoisotopic (exact) mass is 562 g/mol. The molecule has 9 heteroatoms. The minimum atomic E-state index is 0.606. The van der Waals surface area contributed by atoms with Crippen LogP contribution in [0.2, 0.25) is 0 Å². The van der Waals surface area contributed by atoms with E-state index in [1.165, 1.54) is 6.20 Å². The quantitative estimate of drug-likeness (QED) is 0.135. The molecule has 0 aliphatic carbocycles. The maximum absolute atomic E-state index is 11.1. The molecule has 6 heterocycles. The lowest BCUT2D eigenvalue weighted by atomic mass is 10.3. The molecule has 33 heavy (non-hydrogen) atoms. The maximum Gasteiger partial charge on any atom is 0.242 e. The Morgan fingerprint density at radius 1 is 0.636 bits per heavy atom. The van der Waals surface area contributed by atoms with Crippen molar-refractivity contribution in [2.45, 2.75) is 0 Å². The Kier molecular flexibility index (Phi) is 7.43. The summed E-state index contributed by atoms with van der Waals surface area (Å²) < 4.78 is 2.62. The van der Waals surface area contributed by atoms with E-state index < -0.39 is 0 Å². The summed E-state index contributed by atoms with van der Waals surface area (Å²) in [6.07, 6.45) is 8.42. The van der Waals surface area contributed by atoms with Gasteiger partial charge in [0.2, 0.25) is 5.52 Å². The lowest BCUT2D eigenvalue weighted by molar-refractivity contribution is -0.577. The standard InChI is InChI=1S/2C8H5BrN2.C8H6N2O/c9-8-4-3-6-7(11-8)2-1-5-10-6;9-6-4-8-7(11-5-6)2-1-3-10-8;11-10-6-2-3-7-8(10)4-1-5-9-7/h2*1-5H;1-6H. The van der Waals surface area contributed by atoms with Crippen LogP contribution in [-0.4, -0.2) is 24.9 Å². The second-order valence-electron chi connectivity index (χ2n) is 6.61. The van der Waals surface area contributed by atoms with Crippen LogP contribution in [0, 0.1) is 5.21 Å². The zero-order valence-corrected chi connectivity index (χ0v) is 20.3. The van der Waals surface area contributed by atoms with E-state index in [2.05, 4.69) is 56.8 Å². The summed E-state index contributed by atoms with van der Waals surface area (Å²) >= 11 is 6.62. The van der Waals surface area contributed by atoms with Crippen LogP contribution in [0.5, 0.6) is 0 Å². The number of nitrogens with zero attached hydrogens (tertiary/aromatic N) is 6. The molecule has 0 N–H and O–H groups in total. The molecule has 0 fully saturated rings. The molecule has 6 aromatic heterocycles. The van der Waals surface area contributed by atoms with Gasteiger partial charge in [-0.3, -0.25) is 15.0 Å². The highest BCUT2D eigenvalue weighted by atomic mass is 79.9. The first kappa shape index (κ1) is 22.6. The summed E-state index contributed by atoms with van der Waals surface area (Å²) in [6.45, 7) is 0. The van der Waals surface area contributed by atoms with E-state index >= 15 is 0 Å². The van der Waals surface area contributed by atoms with Gasteiger partial charge in [0.15, 0.2) is 6.20 Å². The van der Waals surface area contributed by atoms with Crippen molar-refractivity contribution in [3.8, 4) is 0 Å². The first-order chi connectivity index (χ1) is 16.1. The largest absolute Gasteiger partial charge is 0.618 e. The maximum atomic E-state index is 11.1. The summed E-state index contributed by atoms with van der Waals surface area (Å²) in [5.41, 5.74) is 5.02. The fourth-order valence-electron chi connectivity index (χ4n) is 2.88. The summed E-state index contributed by atoms with van der Waals surface area (Å²) in [7, 11) is 0. The minimum Gasteiger partial charge on any atom is -0.618 e.